The smallest absolute Gasteiger partial charge is 0.0602 e. The molecule has 126 valence electrons. The SMILES string of the molecule is CCN1CCN(C(c2ccccc2)c2ccccc2)CC1.Cl.Cl. The van der Waals surface area contributed by atoms with Gasteiger partial charge in [0.1, 0.15) is 0 Å². The molecule has 0 amide bonds. The van der Waals surface area contributed by atoms with Gasteiger partial charge in [-0.25, -0.2) is 0 Å². The first-order valence-corrected chi connectivity index (χ1v) is 7.95. The van der Waals surface area contributed by atoms with E-state index in [9.17, 15) is 0 Å². The fraction of sp³-hybridized carbons (Fsp3) is 0.368. The van der Waals surface area contributed by atoms with Gasteiger partial charge in [-0.1, -0.05) is 67.6 Å². The van der Waals surface area contributed by atoms with Crippen molar-refractivity contribution in [3.8, 4) is 0 Å². The molecule has 2 aromatic rings. The molecule has 1 fully saturated rings. The summed E-state index contributed by atoms with van der Waals surface area (Å²) in [5.74, 6) is 0. The van der Waals surface area contributed by atoms with Crippen molar-refractivity contribution in [1.29, 1.82) is 0 Å². The molecule has 0 unspecified atom stereocenters. The fourth-order valence-corrected chi connectivity index (χ4v) is 3.22. The second-order valence-electron chi connectivity index (χ2n) is 5.69. The molecule has 0 radical (unpaired) electrons. The quantitative estimate of drug-likeness (QED) is 0.811. The highest BCUT2D eigenvalue weighted by Crippen LogP contribution is 2.29. The van der Waals surface area contributed by atoms with Crippen LogP contribution in [0.5, 0.6) is 0 Å². The zero-order valence-electron chi connectivity index (χ0n) is 13.6. The van der Waals surface area contributed by atoms with E-state index in [2.05, 4.69) is 77.4 Å². The van der Waals surface area contributed by atoms with Crippen LogP contribution in [-0.2, 0) is 0 Å². The average molecular weight is 353 g/mol. The maximum atomic E-state index is 2.62. The summed E-state index contributed by atoms with van der Waals surface area (Å²) in [7, 11) is 0. The number of halogens is 2. The standard InChI is InChI=1S/C19H24N2.2ClH/c1-2-20-13-15-21(16-14-20)19(17-9-5-3-6-10-17)18-11-7-4-8-12-18;;/h3-12,19H,2,13-16H2,1H3;2*1H. The van der Waals surface area contributed by atoms with E-state index in [1.165, 1.54) is 24.2 Å². The van der Waals surface area contributed by atoms with Crippen LogP contribution in [0.25, 0.3) is 0 Å². The van der Waals surface area contributed by atoms with E-state index in [-0.39, 0.29) is 24.8 Å². The lowest BCUT2D eigenvalue weighted by Gasteiger charge is -2.39. The second-order valence-corrected chi connectivity index (χ2v) is 5.69. The Balaban J connectivity index is 0.00000132. The van der Waals surface area contributed by atoms with Crippen molar-refractivity contribution in [2.45, 2.75) is 13.0 Å². The second kappa shape index (κ2) is 9.94. The molecule has 23 heavy (non-hydrogen) atoms. The van der Waals surface area contributed by atoms with Crippen molar-refractivity contribution < 1.29 is 0 Å². The minimum atomic E-state index is 0. The van der Waals surface area contributed by atoms with Crippen molar-refractivity contribution in [3.63, 3.8) is 0 Å². The van der Waals surface area contributed by atoms with Crippen LogP contribution < -0.4 is 0 Å². The molecule has 0 saturated carbocycles. The van der Waals surface area contributed by atoms with Crippen LogP contribution in [-0.4, -0.2) is 42.5 Å². The Bertz CT molecular complexity index is 500. The van der Waals surface area contributed by atoms with E-state index in [1.807, 2.05) is 0 Å². The third-order valence-corrected chi connectivity index (χ3v) is 4.45. The van der Waals surface area contributed by atoms with Gasteiger partial charge in [0.15, 0.2) is 0 Å². The van der Waals surface area contributed by atoms with Gasteiger partial charge in [0.2, 0.25) is 0 Å². The fourth-order valence-electron chi connectivity index (χ4n) is 3.22. The average Bonchev–Trinajstić information content (AvgIpc) is 2.58. The zero-order chi connectivity index (χ0) is 14.5. The normalized spacial score (nSPS) is 15.7. The largest absolute Gasteiger partial charge is 0.301 e. The van der Waals surface area contributed by atoms with E-state index in [0.29, 0.717) is 6.04 Å². The van der Waals surface area contributed by atoms with Gasteiger partial charge in [-0.05, 0) is 17.7 Å². The highest BCUT2D eigenvalue weighted by molar-refractivity contribution is 5.85. The minimum absolute atomic E-state index is 0. The lowest BCUT2D eigenvalue weighted by molar-refractivity contribution is 0.113. The summed E-state index contributed by atoms with van der Waals surface area (Å²) in [5, 5.41) is 0. The van der Waals surface area contributed by atoms with Crippen LogP contribution in [0.2, 0.25) is 0 Å². The molecule has 1 saturated heterocycles. The van der Waals surface area contributed by atoms with Gasteiger partial charge in [0.05, 0.1) is 6.04 Å². The molecule has 2 aromatic carbocycles. The van der Waals surface area contributed by atoms with Crippen molar-refractivity contribution in [1.82, 2.24) is 9.80 Å². The summed E-state index contributed by atoms with van der Waals surface area (Å²) in [5.41, 5.74) is 2.79. The third kappa shape index (κ3) is 4.95. The van der Waals surface area contributed by atoms with Crippen molar-refractivity contribution in [2.75, 3.05) is 32.7 Å². The summed E-state index contributed by atoms with van der Waals surface area (Å²) in [6.07, 6.45) is 0. The number of hydrogen-bond acceptors (Lipinski definition) is 2. The van der Waals surface area contributed by atoms with Crippen LogP contribution in [0.15, 0.2) is 60.7 Å². The number of likely N-dealkylation sites (N-methyl/N-ethyl adjacent to an activating group) is 1. The minimum Gasteiger partial charge on any atom is -0.301 e. The van der Waals surface area contributed by atoms with Crippen LogP contribution in [0.4, 0.5) is 0 Å². The molecule has 2 nitrogen and oxygen atoms in total. The maximum Gasteiger partial charge on any atom is 0.0602 e. The maximum absolute atomic E-state index is 2.62. The molecule has 0 aliphatic carbocycles. The molecule has 1 aliphatic heterocycles. The summed E-state index contributed by atoms with van der Waals surface area (Å²) in [4.78, 5) is 5.15. The molecule has 3 rings (SSSR count). The summed E-state index contributed by atoms with van der Waals surface area (Å²) >= 11 is 0. The number of rotatable bonds is 4. The molecular formula is C19H26Cl2N2. The molecule has 0 atom stereocenters. The number of nitrogens with zero attached hydrogens (tertiary/aromatic N) is 2. The Morgan fingerprint density at radius 1 is 0.739 bits per heavy atom. The van der Waals surface area contributed by atoms with Gasteiger partial charge >= 0.3 is 0 Å². The monoisotopic (exact) mass is 352 g/mol. The predicted octanol–water partition coefficient (Wildman–Crippen LogP) is 4.26. The Kier molecular flexibility index (Phi) is 8.64. The van der Waals surface area contributed by atoms with Gasteiger partial charge in [-0.3, -0.25) is 4.90 Å². The molecule has 1 heterocycles. The van der Waals surface area contributed by atoms with Crippen molar-refractivity contribution >= 4 is 24.8 Å². The van der Waals surface area contributed by atoms with E-state index in [4.69, 9.17) is 0 Å². The van der Waals surface area contributed by atoms with Gasteiger partial charge < -0.3 is 4.90 Å². The first kappa shape index (κ1) is 20.0. The zero-order valence-corrected chi connectivity index (χ0v) is 15.2. The van der Waals surface area contributed by atoms with E-state index in [1.54, 1.807) is 0 Å². The van der Waals surface area contributed by atoms with E-state index >= 15 is 0 Å². The molecule has 0 aromatic heterocycles. The van der Waals surface area contributed by atoms with Gasteiger partial charge in [0.25, 0.3) is 0 Å². The Hall–Kier alpha value is -1.06. The molecule has 0 spiro atoms. The lowest BCUT2D eigenvalue weighted by Crippen LogP contribution is -2.47. The van der Waals surface area contributed by atoms with E-state index < -0.39 is 0 Å². The molecule has 4 heteroatoms. The van der Waals surface area contributed by atoms with Crippen LogP contribution in [0.3, 0.4) is 0 Å². The Morgan fingerprint density at radius 2 is 1.17 bits per heavy atom. The number of piperazine rings is 1. The molecular weight excluding hydrogens is 327 g/mol. The summed E-state index contributed by atoms with van der Waals surface area (Å²) in [6, 6.07) is 22.2. The lowest BCUT2D eigenvalue weighted by atomic mass is 9.96. The Morgan fingerprint density at radius 3 is 1.57 bits per heavy atom. The van der Waals surface area contributed by atoms with Crippen molar-refractivity contribution in [2.24, 2.45) is 0 Å². The van der Waals surface area contributed by atoms with Crippen LogP contribution >= 0.6 is 24.8 Å². The highest BCUT2D eigenvalue weighted by Gasteiger charge is 2.25. The van der Waals surface area contributed by atoms with Gasteiger partial charge in [-0.15, -0.1) is 24.8 Å². The number of hydrogen-bond donors (Lipinski definition) is 0. The summed E-state index contributed by atoms with van der Waals surface area (Å²) < 4.78 is 0. The number of benzene rings is 2. The predicted molar refractivity (Wildman–Crippen MR) is 103 cm³/mol. The summed E-state index contributed by atoms with van der Waals surface area (Å²) in [6.45, 7) is 8.04. The molecule has 0 N–H and O–H groups in total. The van der Waals surface area contributed by atoms with Gasteiger partial charge in [0, 0.05) is 26.2 Å². The van der Waals surface area contributed by atoms with Crippen LogP contribution in [0.1, 0.15) is 24.1 Å². The topological polar surface area (TPSA) is 6.48 Å². The van der Waals surface area contributed by atoms with Gasteiger partial charge in [-0.2, -0.15) is 0 Å². The first-order valence-electron chi connectivity index (χ1n) is 7.95. The van der Waals surface area contributed by atoms with Crippen molar-refractivity contribution in [3.05, 3.63) is 71.8 Å². The highest BCUT2D eigenvalue weighted by atomic mass is 35.5. The van der Waals surface area contributed by atoms with E-state index in [0.717, 1.165) is 19.6 Å². The Labute approximate surface area is 152 Å². The third-order valence-electron chi connectivity index (χ3n) is 4.45. The molecule has 0 bridgehead atoms. The van der Waals surface area contributed by atoms with Crippen LogP contribution in [0, 0.1) is 0 Å². The first-order chi connectivity index (χ1) is 10.4. The molecule has 1 aliphatic rings.